The van der Waals surface area contributed by atoms with Gasteiger partial charge in [0.2, 0.25) is 0 Å². The Morgan fingerprint density at radius 3 is 1.59 bits per heavy atom. The van der Waals surface area contributed by atoms with Crippen molar-refractivity contribution in [2.45, 2.75) is 124 Å². The summed E-state index contributed by atoms with van der Waals surface area (Å²) >= 11 is 0. The molecule has 0 aliphatic carbocycles. The summed E-state index contributed by atoms with van der Waals surface area (Å²) in [6.07, 6.45) is 24.0. The van der Waals surface area contributed by atoms with Gasteiger partial charge in [-0.1, -0.05) is 124 Å². The van der Waals surface area contributed by atoms with Gasteiger partial charge in [-0.25, -0.2) is 0 Å². The van der Waals surface area contributed by atoms with Crippen LogP contribution in [0.25, 0.3) is 0 Å². The average molecular weight is 310 g/mol. The van der Waals surface area contributed by atoms with E-state index in [4.69, 9.17) is 0 Å². The fourth-order valence-corrected chi connectivity index (χ4v) is 3.53. The van der Waals surface area contributed by atoms with Crippen molar-refractivity contribution in [3.05, 3.63) is 6.42 Å². The molecule has 0 amide bonds. The van der Waals surface area contributed by atoms with E-state index in [0.717, 1.165) is 11.8 Å². The van der Waals surface area contributed by atoms with Gasteiger partial charge in [0.05, 0.1) is 0 Å². The van der Waals surface area contributed by atoms with Gasteiger partial charge in [-0.2, -0.15) is 0 Å². The van der Waals surface area contributed by atoms with Crippen LogP contribution in [0.2, 0.25) is 0 Å². The predicted octanol–water partition coefficient (Wildman–Crippen LogP) is 8.35. The number of rotatable bonds is 17. The molecule has 1 radical (unpaired) electrons. The number of unbranched alkanes of at least 4 members (excludes halogenated alkanes) is 9. The van der Waals surface area contributed by atoms with Gasteiger partial charge in [0.1, 0.15) is 0 Å². The number of hydrogen-bond acceptors (Lipinski definition) is 0. The molecular weight excluding hydrogens is 264 g/mol. The van der Waals surface area contributed by atoms with Gasteiger partial charge in [0.15, 0.2) is 0 Å². The molecule has 0 aromatic carbocycles. The quantitative estimate of drug-likeness (QED) is 0.237. The Bertz CT molecular complexity index is 196. The lowest BCUT2D eigenvalue weighted by Gasteiger charge is -2.20. The molecule has 22 heavy (non-hydrogen) atoms. The molecule has 133 valence electrons. The first-order valence-electron chi connectivity index (χ1n) is 10.6. The SMILES string of the molecule is CCCCCCCCC(C)[CH]C(CCC)CCCCCCC. The molecular formula is C22H45. The molecule has 0 fully saturated rings. The van der Waals surface area contributed by atoms with Crippen molar-refractivity contribution in [1.29, 1.82) is 0 Å². The van der Waals surface area contributed by atoms with Crippen molar-refractivity contribution in [3.63, 3.8) is 0 Å². The zero-order valence-corrected chi connectivity index (χ0v) is 16.3. The maximum absolute atomic E-state index is 2.70. The molecule has 0 aromatic heterocycles. The maximum Gasteiger partial charge on any atom is -0.0326 e. The van der Waals surface area contributed by atoms with Crippen molar-refractivity contribution in [2.75, 3.05) is 0 Å². The minimum Gasteiger partial charge on any atom is -0.0654 e. The summed E-state index contributed by atoms with van der Waals surface area (Å²) in [6.45, 7) is 9.40. The van der Waals surface area contributed by atoms with E-state index in [1.165, 1.54) is 96.3 Å². The first-order valence-corrected chi connectivity index (χ1v) is 10.6. The molecule has 0 aliphatic rings. The highest BCUT2D eigenvalue weighted by Crippen LogP contribution is 2.25. The molecule has 0 rings (SSSR count). The first kappa shape index (κ1) is 22.0. The Morgan fingerprint density at radius 2 is 1.05 bits per heavy atom. The molecule has 2 atom stereocenters. The zero-order valence-electron chi connectivity index (χ0n) is 16.3. The van der Waals surface area contributed by atoms with Crippen molar-refractivity contribution < 1.29 is 0 Å². The Morgan fingerprint density at radius 1 is 0.545 bits per heavy atom. The number of hydrogen-bond donors (Lipinski definition) is 0. The van der Waals surface area contributed by atoms with Gasteiger partial charge < -0.3 is 0 Å². The Kier molecular flexibility index (Phi) is 17.4. The molecule has 0 saturated carbocycles. The molecule has 0 spiro atoms. The summed E-state index contributed by atoms with van der Waals surface area (Å²) in [5, 5.41) is 0. The van der Waals surface area contributed by atoms with Crippen molar-refractivity contribution in [1.82, 2.24) is 0 Å². The second-order valence-electron chi connectivity index (χ2n) is 7.48. The molecule has 0 heteroatoms. The molecule has 0 aromatic rings. The highest BCUT2D eigenvalue weighted by molar-refractivity contribution is 4.81. The minimum atomic E-state index is 0.832. The summed E-state index contributed by atoms with van der Waals surface area (Å²) in [5.74, 6) is 1.72. The van der Waals surface area contributed by atoms with Crippen LogP contribution in [0.1, 0.15) is 124 Å². The highest BCUT2D eigenvalue weighted by Gasteiger charge is 2.12. The minimum absolute atomic E-state index is 0.832. The lowest BCUT2D eigenvalue weighted by atomic mass is 9.85. The summed E-state index contributed by atoms with van der Waals surface area (Å²) < 4.78 is 0. The van der Waals surface area contributed by atoms with Crippen LogP contribution in [-0.2, 0) is 0 Å². The fourth-order valence-electron chi connectivity index (χ4n) is 3.53. The molecule has 0 nitrogen and oxygen atoms in total. The average Bonchev–Trinajstić information content (AvgIpc) is 2.50. The van der Waals surface area contributed by atoms with Crippen LogP contribution in [0.15, 0.2) is 0 Å². The molecule has 0 heterocycles. The molecule has 0 bridgehead atoms. The highest BCUT2D eigenvalue weighted by atomic mass is 14.2. The largest absolute Gasteiger partial charge is 0.0654 e. The van der Waals surface area contributed by atoms with Crippen LogP contribution in [0.3, 0.4) is 0 Å². The van der Waals surface area contributed by atoms with Gasteiger partial charge in [-0.3, -0.25) is 0 Å². The summed E-state index contributed by atoms with van der Waals surface area (Å²) in [6, 6.07) is 0. The van der Waals surface area contributed by atoms with Crippen molar-refractivity contribution >= 4 is 0 Å². The third kappa shape index (κ3) is 14.9. The lowest BCUT2D eigenvalue weighted by Crippen LogP contribution is -2.08. The zero-order chi connectivity index (χ0) is 16.5. The molecule has 0 aliphatic heterocycles. The normalized spacial score (nSPS) is 14.2. The van der Waals surface area contributed by atoms with Gasteiger partial charge >= 0.3 is 0 Å². The van der Waals surface area contributed by atoms with E-state index in [2.05, 4.69) is 34.1 Å². The predicted molar refractivity (Wildman–Crippen MR) is 103 cm³/mol. The molecule has 2 unspecified atom stereocenters. The third-order valence-corrected chi connectivity index (χ3v) is 4.95. The second kappa shape index (κ2) is 17.4. The molecule has 0 N–H and O–H groups in total. The smallest absolute Gasteiger partial charge is 0.0326 e. The second-order valence-corrected chi connectivity index (χ2v) is 7.48. The Labute approximate surface area is 142 Å². The van der Waals surface area contributed by atoms with Crippen LogP contribution in [0.5, 0.6) is 0 Å². The van der Waals surface area contributed by atoms with E-state index < -0.39 is 0 Å². The third-order valence-electron chi connectivity index (χ3n) is 4.95. The Hall–Kier alpha value is 0. The summed E-state index contributed by atoms with van der Waals surface area (Å²) in [7, 11) is 0. The van der Waals surface area contributed by atoms with Crippen LogP contribution in [0, 0.1) is 18.3 Å². The summed E-state index contributed by atoms with van der Waals surface area (Å²) in [4.78, 5) is 0. The fraction of sp³-hybridized carbons (Fsp3) is 0.955. The van der Waals surface area contributed by atoms with E-state index in [1.807, 2.05) is 0 Å². The van der Waals surface area contributed by atoms with E-state index in [1.54, 1.807) is 0 Å². The maximum atomic E-state index is 2.70. The van der Waals surface area contributed by atoms with E-state index in [9.17, 15) is 0 Å². The summed E-state index contributed by atoms with van der Waals surface area (Å²) in [5.41, 5.74) is 0. The van der Waals surface area contributed by atoms with Crippen LogP contribution in [-0.4, -0.2) is 0 Å². The van der Waals surface area contributed by atoms with E-state index >= 15 is 0 Å². The molecule has 0 saturated heterocycles. The first-order chi connectivity index (χ1) is 10.7. The van der Waals surface area contributed by atoms with E-state index in [0.29, 0.717) is 0 Å². The van der Waals surface area contributed by atoms with Gasteiger partial charge in [-0.15, -0.1) is 0 Å². The van der Waals surface area contributed by atoms with Crippen LogP contribution in [0.4, 0.5) is 0 Å². The van der Waals surface area contributed by atoms with Crippen molar-refractivity contribution in [3.8, 4) is 0 Å². The van der Waals surface area contributed by atoms with Gasteiger partial charge in [0, 0.05) is 0 Å². The van der Waals surface area contributed by atoms with E-state index in [-0.39, 0.29) is 0 Å². The monoisotopic (exact) mass is 309 g/mol. The van der Waals surface area contributed by atoms with Gasteiger partial charge in [0.25, 0.3) is 0 Å². The van der Waals surface area contributed by atoms with Crippen LogP contribution < -0.4 is 0 Å². The Balaban J connectivity index is 3.66. The van der Waals surface area contributed by atoms with Gasteiger partial charge in [-0.05, 0) is 18.3 Å². The lowest BCUT2D eigenvalue weighted by molar-refractivity contribution is 0.408. The topological polar surface area (TPSA) is 0 Å². The van der Waals surface area contributed by atoms with Crippen molar-refractivity contribution in [2.24, 2.45) is 11.8 Å². The van der Waals surface area contributed by atoms with Crippen LogP contribution >= 0.6 is 0 Å². The standard InChI is InChI=1S/C22H45/c1-5-8-10-12-14-15-18-21(4)20-22(17-7-3)19-16-13-11-9-6-2/h20-22H,5-19H2,1-4H3.